The molecule has 1 aromatic carbocycles. The second kappa shape index (κ2) is 6.49. The Morgan fingerprint density at radius 1 is 1.40 bits per heavy atom. The van der Waals surface area contributed by atoms with Gasteiger partial charge in [0.1, 0.15) is 18.2 Å². The molecule has 6 heteroatoms. The molecule has 6 nitrogen and oxygen atoms in total. The maximum absolute atomic E-state index is 11.9. The third-order valence-corrected chi connectivity index (χ3v) is 3.30. The van der Waals surface area contributed by atoms with Gasteiger partial charge in [0, 0.05) is 0 Å². The van der Waals surface area contributed by atoms with Gasteiger partial charge in [-0.2, -0.15) is 0 Å². The number of aliphatic carboxylic acids is 1. The molecular formula is C14H18N2O4. The molecule has 0 bridgehead atoms. The van der Waals surface area contributed by atoms with Crippen molar-refractivity contribution in [2.75, 3.05) is 6.54 Å². The molecular weight excluding hydrogens is 260 g/mol. The zero-order valence-electron chi connectivity index (χ0n) is 11.0. The number of rotatable bonds is 5. The van der Waals surface area contributed by atoms with Gasteiger partial charge in [-0.25, -0.2) is 0 Å². The van der Waals surface area contributed by atoms with E-state index in [0.29, 0.717) is 19.4 Å². The first kappa shape index (κ1) is 14.5. The molecule has 108 valence electrons. The van der Waals surface area contributed by atoms with Gasteiger partial charge in [-0.1, -0.05) is 30.3 Å². The number of hydrogen-bond acceptors (Lipinski definition) is 5. The molecule has 0 aromatic heterocycles. The molecule has 1 fully saturated rings. The fraction of sp³-hybridized carbons (Fsp3) is 0.429. The molecule has 1 heterocycles. The van der Waals surface area contributed by atoms with Crippen LogP contribution in [0.4, 0.5) is 0 Å². The van der Waals surface area contributed by atoms with Crippen LogP contribution in [0.15, 0.2) is 30.3 Å². The highest BCUT2D eigenvalue weighted by Gasteiger charge is 2.36. The number of nitrogens with two attached hydrogens (primary N) is 1. The second-order valence-corrected chi connectivity index (χ2v) is 4.83. The molecule has 4 N–H and O–H groups in total. The van der Waals surface area contributed by atoms with Crippen LogP contribution in [0.5, 0.6) is 0 Å². The molecule has 3 atom stereocenters. The smallest absolute Gasteiger partial charge is 0.324 e. The van der Waals surface area contributed by atoms with Crippen LogP contribution in [-0.2, 0) is 20.7 Å². The van der Waals surface area contributed by atoms with Gasteiger partial charge >= 0.3 is 11.9 Å². The first-order chi connectivity index (χ1) is 9.58. The Hall–Kier alpha value is -1.92. The molecule has 0 amide bonds. The average Bonchev–Trinajstić information content (AvgIpc) is 2.88. The van der Waals surface area contributed by atoms with Gasteiger partial charge in [-0.15, -0.1) is 0 Å². The van der Waals surface area contributed by atoms with Crippen LogP contribution in [-0.4, -0.2) is 41.8 Å². The number of benzene rings is 1. The van der Waals surface area contributed by atoms with Crippen molar-refractivity contribution in [1.82, 2.24) is 5.32 Å². The van der Waals surface area contributed by atoms with Gasteiger partial charge < -0.3 is 20.9 Å². The number of nitrogens with one attached hydrogen (secondary N) is 1. The summed E-state index contributed by atoms with van der Waals surface area (Å²) in [4.78, 5) is 22.9. The number of carbonyl (C=O) groups is 2. The molecule has 0 radical (unpaired) electrons. The molecule has 0 spiro atoms. The number of esters is 1. The lowest BCUT2D eigenvalue weighted by atomic mass is 10.1. The standard InChI is InChI=1S/C14H18N2O4/c15-10(8-9-4-2-1-3-5-9)14(19)20-11-6-7-16-12(11)13(17)18/h1-5,10-12,16H,6-8,15H2,(H,17,18)/t10-,11?,12-/m0/s1. The van der Waals surface area contributed by atoms with E-state index in [9.17, 15) is 9.59 Å². The Labute approximate surface area is 116 Å². The summed E-state index contributed by atoms with van der Waals surface area (Å²) in [6, 6.07) is 7.75. The van der Waals surface area contributed by atoms with Crippen LogP contribution >= 0.6 is 0 Å². The van der Waals surface area contributed by atoms with E-state index < -0.39 is 30.1 Å². The van der Waals surface area contributed by atoms with Crippen LogP contribution in [0.1, 0.15) is 12.0 Å². The topological polar surface area (TPSA) is 102 Å². The predicted octanol–water partition coefficient (Wildman–Crippen LogP) is -0.0853. The minimum atomic E-state index is -1.02. The van der Waals surface area contributed by atoms with Crippen molar-refractivity contribution in [3.8, 4) is 0 Å². The van der Waals surface area contributed by atoms with Gasteiger partial charge in [0.05, 0.1) is 0 Å². The van der Waals surface area contributed by atoms with Crippen molar-refractivity contribution in [3.05, 3.63) is 35.9 Å². The molecule has 1 saturated heterocycles. The van der Waals surface area contributed by atoms with Crippen LogP contribution in [0.25, 0.3) is 0 Å². The third-order valence-electron chi connectivity index (χ3n) is 3.30. The van der Waals surface area contributed by atoms with Crippen molar-refractivity contribution in [2.24, 2.45) is 5.73 Å². The lowest BCUT2D eigenvalue weighted by Gasteiger charge is -2.19. The second-order valence-electron chi connectivity index (χ2n) is 4.83. The molecule has 2 rings (SSSR count). The fourth-order valence-electron chi connectivity index (χ4n) is 2.24. The van der Waals surface area contributed by atoms with Crippen molar-refractivity contribution in [2.45, 2.75) is 31.0 Å². The molecule has 1 unspecified atom stereocenters. The summed E-state index contributed by atoms with van der Waals surface area (Å²) in [5.74, 6) is -1.58. The van der Waals surface area contributed by atoms with Crippen LogP contribution in [0.3, 0.4) is 0 Å². The summed E-state index contributed by atoms with van der Waals surface area (Å²) < 4.78 is 5.21. The third kappa shape index (κ3) is 3.55. The van der Waals surface area contributed by atoms with E-state index >= 15 is 0 Å². The number of carboxylic acids is 1. The van der Waals surface area contributed by atoms with Crippen LogP contribution in [0.2, 0.25) is 0 Å². The molecule has 1 aliphatic rings. The van der Waals surface area contributed by atoms with Crippen molar-refractivity contribution < 1.29 is 19.4 Å². The van der Waals surface area contributed by atoms with Gasteiger partial charge in [0.15, 0.2) is 0 Å². The van der Waals surface area contributed by atoms with Crippen molar-refractivity contribution in [3.63, 3.8) is 0 Å². The highest BCUT2D eigenvalue weighted by molar-refractivity contribution is 5.78. The van der Waals surface area contributed by atoms with E-state index in [1.165, 1.54) is 0 Å². The summed E-state index contributed by atoms with van der Waals surface area (Å²) in [6.45, 7) is 0.517. The zero-order chi connectivity index (χ0) is 14.5. The van der Waals surface area contributed by atoms with E-state index in [1.54, 1.807) is 0 Å². The maximum Gasteiger partial charge on any atom is 0.324 e. The fourth-order valence-corrected chi connectivity index (χ4v) is 2.24. The minimum absolute atomic E-state index is 0.373. The molecule has 1 aromatic rings. The van der Waals surface area contributed by atoms with E-state index in [0.717, 1.165) is 5.56 Å². The molecule has 0 aliphatic carbocycles. The molecule has 1 aliphatic heterocycles. The zero-order valence-corrected chi connectivity index (χ0v) is 11.0. The highest BCUT2D eigenvalue weighted by Crippen LogP contribution is 2.13. The normalized spacial score (nSPS) is 23.2. The maximum atomic E-state index is 11.9. The van der Waals surface area contributed by atoms with Crippen molar-refractivity contribution in [1.29, 1.82) is 0 Å². The van der Waals surface area contributed by atoms with E-state index in [4.69, 9.17) is 15.6 Å². The van der Waals surface area contributed by atoms with Gasteiger partial charge in [-0.05, 0) is 24.9 Å². The highest BCUT2D eigenvalue weighted by atomic mass is 16.5. The monoisotopic (exact) mass is 278 g/mol. The minimum Gasteiger partial charge on any atom is -0.480 e. The summed E-state index contributed by atoms with van der Waals surface area (Å²) in [5, 5.41) is 11.8. The molecule has 20 heavy (non-hydrogen) atoms. The van der Waals surface area contributed by atoms with E-state index in [1.807, 2.05) is 30.3 Å². The largest absolute Gasteiger partial charge is 0.480 e. The Bertz CT molecular complexity index is 477. The number of hydrogen-bond donors (Lipinski definition) is 3. The summed E-state index contributed by atoms with van der Waals surface area (Å²) in [6.07, 6.45) is 0.208. The Morgan fingerprint density at radius 2 is 2.10 bits per heavy atom. The van der Waals surface area contributed by atoms with E-state index in [-0.39, 0.29) is 0 Å². The first-order valence-corrected chi connectivity index (χ1v) is 6.54. The SMILES string of the molecule is N[C@@H](Cc1ccccc1)C(=O)OC1CCN[C@@H]1C(=O)O. The number of ether oxygens (including phenoxy) is 1. The number of carboxylic acid groups (broad SMARTS) is 1. The van der Waals surface area contributed by atoms with E-state index in [2.05, 4.69) is 5.32 Å². The van der Waals surface area contributed by atoms with Gasteiger partial charge in [0.2, 0.25) is 0 Å². The Morgan fingerprint density at radius 3 is 2.75 bits per heavy atom. The average molecular weight is 278 g/mol. The predicted molar refractivity (Wildman–Crippen MR) is 72.0 cm³/mol. The summed E-state index contributed by atoms with van der Waals surface area (Å²) in [7, 11) is 0. The lowest BCUT2D eigenvalue weighted by molar-refractivity contribution is -0.154. The van der Waals surface area contributed by atoms with Crippen LogP contribution < -0.4 is 11.1 Å². The van der Waals surface area contributed by atoms with Crippen LogP contribution in [0, 0.1) is 0 Å². The lowest BCUT2D eigenvalue weighted by Crippen LogP contribution is -2.44. The van der Waals surface area contributed by atoms with Crippen molar-refractivity contribution >= 4 is 11.9 Å². The van der Waals surface area contributed by atoms with Gasteiger partial charge in [-0.3, -0.25) is 9.59 Å². The quantitative estimate of drug-likeness (QED) is 0.651. The Balaban J connectivity index is 1.89. The first-order valence-electron chi connectivity index (χ1n) is 6.54. The summed E-state index contributed by atoms with van der Waals surface area (Å²) in [5.41, 5.74) is 6.75. The van der Waals surface area contributed by atoms with Gasteiger partial charge in [0.25, 0.3) is 0 Å². The molecule has 0 saturated carbocycles. The number of carbonyl (C=O) groups excluding carboxylic acids is 1. The summed E-state index contributed by atoms with van der Waals surface area (Å²) >= 11 is 0. The Kier molecular flexibility index (Phi) is 4.70.